The molecule has 1 N–H and O–H groups in total. The van der Waals surface area contributed by atoms with Crippen LogP contribution in [0.1, 0.15) is 5.69 Å². The van der Waals surface area contributed by atoms with Crippen LogP contribution < -0.4 is 10.2 Å². The van der Waals surface area contributed by atoms with Gasteiger partial charge in [-0.1, -0.05) is 54.6 Å². The summed E-state index contributed by atoms with van der Waals surface area (Å²) in [7, 11) is 1.40. The van der Waals surface area contributed by atoms with E-state index in [4.69, 9.17) is 4.74 Å². The van der Waals surface area contributed by atoms with Crippen LogP contribution in [0.2, 0.25) is 0 Å². The molecule has 0 aliphatic carbocycles. The van der Waals surface area contributed by atoms with Gasteiger partial charge in [0.1, 0.15) is 0 Å². The predicted molar refractivity (Wildman–Crippen MR) is 107 cm³/mol. The van der Waals surface area contributed by atoms with Gasteiger partial charge in [0.25, 0.3) is 0 Å². The van der Waals surface area contributed by atoms with Crippen LogP contribution in [0.3, 0.4) is 0 Å². The molecule has 27 heavy (non-hydrogen) atoms. The van der Waals surface area contributed by atoms with E-state index in [1.54, 1.807) is 0 Å². The van der Waals surface area contributed by atoms with E-state index in [2.05, 4.69) is 4.98 Å². The van der Waals surface area contributed by atoms with Crippen molar-refractivity contribution in [1.82, 2.24) is 4.98 Å². The van der Waals surface area contributed by atoms with Crippen LogP contribution in [0.25, 0.3) is 33.2 Å². The molecule has 3 nitrogen and oxygen atoms in total. The molecule has 0 unspecified atom stereocenters. The average molecular weight is 359 g/mol. The Kier molecular flexibility index (Phi) is 4.24. The second kappa shape index (κ2) is 6.72. The molecular formula is C23H18FNO2. The van der Waals surface area contributed by atoms with Gasteiger partial charge in [0.2, 0.25) is 0 Å². The van der Waals surface area contributed by atoms with Crippen LogP contribution in [0.4, 0.5) is 4.39 Å². The molecule has 1 heterocycles. The first kappa shape index (κ1) is 17.0. The van der Waals surface area contributed by atoms with Crippen molar-refractivity contribution in [3.63, 3.8) is 0 Å². The second-order valence-corrected chi connectivity index (χ2v) is 6.43. The zero-order valence-corrected chi connectivity index (χ0v) is 15.0. The number of benzene rings is 3. The highest BCUT2D eigenvalue weighted by atomic mass is 19.1. The monoisotopic (exact) mass is 359 g/mol. The molecule has 3 aromatic carbocycles. The number of H-pyrrole nitrogens is 1. The molecule has 0 radical (unpaired) electrons. The van der Waals surface area contributed by atoms with Gasteiger partial charge in [-0.15, -0.1) is 0 Å². The third-order valence-corrected chi connectivity index (χ3v) is 4.74. The molecule has 0 saturated heterocycles. The molecule has 4 aromatic rings. The van der Waals surface area contributed by atoms with E-state index in [0.717, 1.165) is 22.4 Å². The van der Waals surface area contributed by atoms with E-state index < -0.39 is 5.82 Å². The smallest absolute Gasteiger partial charge is 0.197 e. The quantitative estimate of drug-likeness (QED) is 0.538. The molecule has 0 amide bonds. The van der Waals surface area contributed by atoms with Gasteiger partial charge >= 0.3 is 0 Å². The van der Waals surface area contributed by atoms with Gasteiger partial charge in [0.05, 0.1) is 12.6 Å². The SMILES string of the molecule is COc1cc2[nH]c(C)c(-c3ccc(-c4ccccc4)cc3)c(=O)c2cc1F. The van der Waals surface area contributed by atoms with Gasteiger partial charge in [-0.2, -0.15) is 0 Å². The lowest BCUT2D eigenvalue weighted by molar-refractivity contribution is 0.387. The lowest BCUT2D eigenvalue weighted by Crippen LogP contribution is -2.10. The van der Waals surface area contributed by atoms with Crippen molar-refractivity contribution in [2.75, 3.05) is 7.11 Å². The summed E-state index contributed by atoms with van der Waals surface area (Å²) < 4.78 is 19.1. The van der Waals surface area contributed by atoms with Crippen molar-refractivity contribution >= 4 is 10.9 Å². The molecule has 0 spiro atoms. The van der Waals surface area contributed by atoms with Crippen LogP contribution in [-0.2, 0) is 0 Å². The van der Waals surface area contributed by atoms with Crippen LogP contribution in [0.15, 0.2) is 71.5 Å². The molecule has 1 aromatic heterocycles. The van der Waals surface area contributed by atoms with Crippen molar-refractivity contribution in [3.8, 4) is 28.0 Å². The van der Waals surface area contributed by atoms with Crippen LogP contribution >= 0.6 is 0 Å². The maximum atomic E-state index is 14.1. The summed E-state index contributed by atoms with van der Waals surface area (Å²) in [5, 5.41) is 0.307. The molecule has 0 aliphatic rings. The minimum Gasteiger partial charge on any atom is -0.494 e. The van der Waals surface area contributed by atoms with Crippen LogP contribution in [-0.4, -0.2) is 12.1 Å². The lowest BCUT2D eigenvalue weighted by Gasteiger charge is -2.11. The van der Waals surface area contributed by atoms with Crippen molar-refractivity contribution in [3.05, 3.63) is 88.5 Å². The number of aromatic amines is 1. The number of hydrogen-bond acceptors (Lipinski definition) is 2. The molecule has 0 bridgehead atoms. The maximum Gasteiger partial charge on any atom is 0.197 e. The van der Waals surface area contributed by atoms with E-state index >= 15 is 0 Å². The van der Waals surface area contributed by atoms with E-state index in [9.17, 15) is 9.18 Å². The molecule has 0 saturated carbocycles. The number of nitrogens with one attached hydrogen (secondary N) is 1. The number of pyridine rings is 1. The number of ether oxygens (including phenoxy) is 1. The first-order valence-corrected chi connectivity index (χ1v) is 8.64. The van der Waals surface area contributed by atoms with Crippen LogP contribution in [0.5, 0.6) is 5.75 Å². The number of hydrogen-bond donors (Lipinski definition) is 1. The fourth-order valence-corrected chi connectivity index (χ4v) is 3.38. The minimum absolute atomic E-state index is 0.109. The fourth-order valence-electron chi connectivity index (χ4n) is 3.38. The number of methoxy groups -OCH3 is 1. The van der Waals surface area contributed by atoms with E-state index in [0.29, 0.717) is 16.5 Å². The largest absolute Gasteiger partial charge is 0.494 e. The van der Waals surface area contributed by atoms with Crippen molar-refractivity contribution in [2.24, 2.45) is 0 Å². The second-order valence-electron chi connectivity index (χ2n) is 6.43. The summed E-state index contributed by atoms with van der Waals surface area (Å²) in [6.07, 6.45) is 0. The normalized spacial score (nSPS) is 10.9. The van der Waals surface area contributed by atoms with Crippen molar-refractivity contribution in [2.45, 2.75) is 6.92 Å². The maximum absolute atomic E-state index is 14.1. The Morgan fingerprint density at radius 1 is 0.889 bits per heavy atom. The van der Waals surface area contributed by atoms with E-state index in [-0.39, 0.29) is 11.2 Å². The molecule has 4 rings (SSSR count). The van der Waals surface area contributed by atoms with Crippen molar-refractivity contribution in [1.29, 1.82) is 0 Å². The topological polar surface area (TPSA) is 42.1 Å². The number of fused-ring (bicyclic) bond motifs is 1. The minimum atomic E-state index is -0.551. The zero-order valence-electron chi connectivity index (χ0n) is 15.0. The predicted octanol–water partition coefficient (Wildman–Crippen LogP) is 5.32. The standard InChI is InChI=1S/C23H18FNO2/c1-14-22(17-10-8-16(9-11-17)15-6-4-3-5-7-15)23(26)18-12-19(24)21(27-2)13-20(18)25-14/h3-13H,1-2H3,(H,25,26). The van der Waals surface area contributed by atoms with Crippen LogP contribution in [0, 0.1) is 12.7 Å². The number of aryl methyl sites for hydroxylation is 1. The summed E-state index contributed by atoms with van der Waals surface area (Å²) >= 11 is 0. The van der Waals surface area contributed by atoms with Gasteiger partial charge in [-0.3, -0.25) is 4.79 Å². The Bertz CT molecular complexity index is 1180. The van der Waals surface area contributed by atoms with Gasteiger partial charge in [-0.25, -0.2) is 4.39 Å². The Morgan fingerprint density at radius 2 is 1.52 bits per heavy atom. The Hall–Kier alpha value is -3.40. The van der Waals surface area contributed by atoms with E-state index in [1.165, 1.54) is 19.2 Å². The molecule has 0 fully saturated rings. The van der Waals surface area contributed by atoms with Gasteiger partial charge in [-0.05, 0) is 29.7 Å². The first-order valence-electron chi connectivity index (χ1n) is 8.64. The van der Waals surface area contributed by atoms with Crippen molar-refractivity contribution < 1.29 is 9.13 Å². The fraction of sp³-hybridized carbons (Fsp3) is 0.0870. The summed E-state index contributed by atoms with van der Waals surface area (Å²) in [6, 6.07) is 20.6. The highest BCUT2D eigenvalue weighted by Crippen LogP contribution is 2.28. The lowest BCUT2D eigenvalue weighted by atomic mass is 9.98. The zero-order chi connectivity index (χ0) is 19.0. The summed E-state index contributed by atoms with van der Waals surface area (Å²) in [5.41, 5.74) is 4.62. The Morgan fingerprint density at radius 3 is 2.19 bits per heavy atom. The third-order valence-electron chi connectivity index (χ3n) is 4.74. The van der Waals surface area contributed by atoms with Gasteiger partial charge in [0, 0.05) is 22.7 Å². The number of rotatable bonds is 3. The van der Waals surface area contributed by atoms with E-state index in [1.807, 2.05) is 61.5 Å². The average Bonchev–Trinajstić information content (AvgIpc) is 2.69. The number of halogens is 1. The number of aromatic nitrogens is 1. The Labute approximate surface area is 156 Å². The highest BCUT2D eigenvalue weighted by Gasteiger charge is 2.14. The summed E-state index contributed by atoms with van der Waals surface area (Å²) in [5.74, 6) is -0.442. The molecule has 0 atom stereocenters. The third kappa shape index (κ3) is 2.99. The summed E-state index contributed by atoms with van der Waals surface area (Å²) in [6.45, 7) is 1.84. The Balaban J connectivity index is 1.85. The molecule has 4 heteroatoms. The van der Waals surface area contributed by atoms with Gasteiger partial charge in [0.15, 0.2) is 17.0 Å². The molecule has 134 valence electrons. The summed E-state index contributed by atoms with van der Waals surface area (Å²) in [4.78, 5) is 16.2. The van der Waals surface area contributed by atoms with Gasteiger partial charge < -0.3 is 9.72 Å². The molecular weight excluding hydrogens is 341 g/mol. The first-order chi connectivity index (χ1) is 13.1. The molecule has 0 aliphatic heterocycles. The highest BCUT2D eigenvalue weighted by molar-refractivity contribution is 5.86.